The molecule has 0 heterocycles. The fourth-order valence-electron chi connectivity index (χ4n) is 2.53. The van der Waals surface area contributed by atoms with Gasteiger partial charge in [-0.1, -0.05) is 42.5 Å². The van der Waals surface area contributed by atoms with E-state index in [1.807, 2.05) is 12.1 Å². The number of halogens is 1. The number of carbonyl (C=O) groups is 1. The predicted octanol–water partition coefficient (Wildman–Crippen LogP) is 3.26. The van der Waals surface area contributed by atoms with Gasteiger partial charge in [0, 0.05) is 0 Å². The largest absolute Gasteiger partial charge is 0.480 e. The van der Waals surface area contributed by atoms with E-state index < -0.39 is 28.4 Å². The normalized spacial score (nSPS) is 11.4. The molecule has 3 rings (SSSR count). The van der Waals surface area contributed by atoms with Crippen molar-refractivity contribution in [3.63, 3.8) is 0 Å². The number of fused-ring (bicyclic) bond motifs is 1. The lowest BCUT2D eigenvalue weighted by Crippen LogP contribution is -2.36. The number of aliphatic carboxylic acids is 1. The summed E-state index contributed by atoms with van der Waals surface area (Å²) in [4.78, 5) is 11.1. The molecule has 0 spiro atoms. The second-order valence-electron chi connectivity index (χ2n) is 5.37. The van der Waals surface area contributed by atoms with Crippen molar-refractivity contribution in [2.75, 3.05) is 10.8 Å². The minimum atomic E-state index is -4.25. The van der Waals surface area contributed by atoms with Gasteiger partial charge < -0.3 is 5.11 Å². The van der Waals surface area contributed by atoms with Crippen molar-refractivity contribution in [3.05, 3.63) is 72.5 Å². The minimum absolute atomic E-state index is 0.101. The van der Waals surface area contributed by atoms with Gasteiger partial charge in [0.1, 0.15) is 12.4 Å². The van der Waals surface area contributed by atoms with Gasteiger partial charge in [0.15, 0.2) is 0 Å². The number of para-hydroxylation sites is 1. The van der Waals surface area contributed by atoms with Crippen molar-refractivity contribution < 1.29 is 22.7 Å². The molecule has 0 radical (unpaired) electrons. The zero-order valence-electron chi connectivity index (χ0n) is 13.0. The molecule has 25 heavy (non-hydrogen) atoms. The molecule has 0 aliphatic rings. The van der Waals surface area contributed by atoms with Crippen LogP contribution in [-0.2, 0) is 14.8 Å². The molecule has 0 fully saturated rings. The van der Waals surface area contributed by atoms with Gasteiger partial charge in [0.25, 0.3) is 10.0 Å². The zero-order valence-corrected chi connectivity index (χ0v) is 13.8. The summed E-state index contributed by atoms with van der Waals surface area (Å²) in [6, 6.07) is 16.8. The maximum Gasteiger partial charge on any atom is 0.324 e. The number of hydrogen-bond acceptors (Lipinski definition) is 3. The molecule has 3 aromatic rings. The van der Waals surface area contributed by atoms with Gasteiger partial charge >= 0.3 is 5.97 Å². The Bertz CT molecular complexity index is 1050. The van der Waals surface area contributed by atoms with Crippen molar-refractivity contribution in [1.29, 1.82) is 0 Å². The molecule has 0 aliphatic carbocycles. The van der Waals surface area contributed by atoms with Crippen molar-refractivity contribution in [2.45, 2.75) is 4.90 Å². The Labute approximate surface area is 144 Å². The Kier molecular flexibility index (Phi) is 4.41. The molecule has 0 unspecified atom stereocenters. The van der Waals surface area contributed by atoms with E-state index in [1.165, 1.54) is 30.3 Å². The summed E-state index contributed by atoms with van der Waals surface area (Å²) in [5.41, 5.74) is -0.307. The summed E-state index contributed by atoms with van der Waals surface area (Å²) >= 11 is 0. The van der Waals surface area contributed by atoms with E-state index in [0.29, 0.717) is 9.69 Å². The number of hydrogen-bond donors (Lipinski definition) is 1. The number of nitrogens with zero attached hydrogens (tertiary/aromatic N) is 1. The first-order chi connectivity index (χ1) is 11.9. The number of anilines is 1. The van der Waals surface area contributed by atoms with Crippen LogP contribution in [0.2, 0.25) is 0 Å². The smallest absolute Gasteiger partial charge is 0.324 e. The fraction of sp³-hybridized carbons (Fsp3) is 0.0556. The molecule has 128 valence electrons. The van der Waals surface area contributed by atoms with E-state index >= 15 is 0 Å². The van der Waals surface area contributed by atoms with Gasteiger partial charge in [0.05, 0.1) is 10.6 Å². The van der Waals surface area contributed by atoms with Gasteiger partial charge in [-0.3, -0.25) is 9.10 Å². The maximum atomic E-state index is 14.1. The lowest BCUT2D eigenvalue weighted by atomic mass is 10.1. The summed E-state index contributed by atoms with van der Waals surface area (Å²) in [6.45, 7) is -0.879. The quantitative estimate of drug-likeness (QED) is 0.759. The minimum Gasteiger partial charge on any atom is -0.480 e. The van der Waals surface area contributed by atoms with Crippen LogP contribution in [-0.4, -0.2) is 26.0 Å². The van der Waals surface area contributed by atoms with Gasteiger partial charge in [-0.25, -0.2) is 12.8 Å². The van der Waals surface area contributed by atoms with E-state index in [0.717, 1.165) is 11.5 Å². The highest BCUT2D eigenvalue weighted by Crippen LogP contribution is 2.27. The summed E-state index contributed by atoms with van der Waals surface area (Å²) in [5, 5.41) is 10.6. The molecule has 0 aliphatic heterocycles. The Hall–Kier alpha value is -2.93. The highest BCUT2D eigenvalue weighted by atomic mass is 32.2. The van der Waals surface area contributed by atoms with E-state index in [2.05, 4.69) is 0 Å². The molecular formula is C18H14FNO4S. The molecule has 5 nitrogen and oxygen atoms in total. The number of carboxylic acid groups (broad SMARTS) is 1. The van der Waals surface area contributed by atoms with Crippen molar-refractivity contribution in [3.8, 4) is 0 Å². The van der Waals surface area contributed by atoms with E-state index in [1.54, 1.807) is 18.2 Å². The molecule has 0 bridgehead atoms. The SMILES string of the molecule is O=C(O)CN(c1ccccc1F)S(=O)(=O)c1ccc2ccccc2c1. The Morgan fingerprint density at radius 1 is 0.960 bits per heavy atom. The Morgan fingerprint density at radius 2 is 1.60 bits per heavy atom. The number of sulfonamides is 1. The molecule has 0 saturated heterocycles. The number of rotatable bonds is 5. The first-order valence-electron chi connectivity index (χ1n) is 7.37. The average Bonchev–Trinajstić information content (AvgIpc) is 2.59. The van der Waals surface area contributed by atoms with Crippen LogP contribution in [0.25, 0.3) is 10.8 Å². The second-order valence-corrected chi connectivity index (χ2v) is 7.23. The van der Waals surface area contributed by atoms with Crippen LogP contribution in [0, 0.1) is 5.82 Å². The number of benzene rings is 3. The third-order valence-corrected chi connectivity index (χ3v) is 5.46. The van der Waals surface area contributed by atoms with E-state index in [4.69, 9.17) is 5.11 Å². The fourth-order valence-corrected chi connectivity index (χ4v) is 3.99. The molecule has 0 aromatic heterocycles. The van der Waals surface area contributed by atoms with Gasteiger partial charge in [0.2, 0.25) is 0 Å². The summed E-state index contributed by atoms with van der Waals surface area (Å²) in [7, 11) is -4.25. The number of carboxylic acids is 1. The first kappa shape index (κ1) is 16.9. The van der Waals surface area contributed by atoms with Crippen molar-refractivity contribution in [1.82, 2.24) is 0 Å². The Balaban J connectivity index is 2.15. The van der Waals surface area contributed by atoms with E-state index in [9.17, 15) is 17.6 Å². The summed E-state index contributed by atoms with van der Waals surface area (Å²) in [5.74, 6) is -2.19. The highest BCUT2D eigenvalue weighted by molar-refractivity contribution is 7.92. The van der Waals surface area contributed by atoms with Crippen LogP contribution in [0.1, 0.15) is 0 Å². The van der Waals surface area contributed by atoms with Crippen LogP contribution in [0.15, 0.2) is 71.6 Å². The molecule has 0 amide bonds. The summed E-state index contributed by atoms with van der Waals surface area (Å²) < 4.78 is 40.6. The van der Waals surface area contributed by atoms with Crippen LogP contribution in [0.3, 0.4) is 0 Å². The summed E-state index contributed by atoms with van der Waals surface area (Å²) in [6.07, 6.45) is 0. The van der Waals surface area contributed by atoms with Crippen LogP contribution >= 0.6 is 0 Å². The van der Waals surface area contributed by atoms with Crippen molar-refractivity contribution in [2.24, 2.45) is 0 Å². The first-order valence-corrected chi connectivity index (χ1v) is 8.81. The van der Waals surface area contributed by atoms with Crippen LogP contribution in [0.4, 0.5) is 10.1 Å². The Morgan fingerprint density at radius 3 is 2.28 bits per heavy atom. The van der Waals surface area contributed by atoms with E-state index in [-0.39, 0.29) is 10.6 Å². The third-order valence-electron chi connectivity index (χ3n) is 3.71. The average molecular weight is 359 g/mol. The molecule has 0 atom stereocenters. The van der Waals surface area contributed by atoms with Gasteiger partial charge in [-0.05, 0) is 35.0 Å². The molecule has 7 heteroatoms. The molecule has 0 saturated carbocycles. The predicted molar refractivity (Wildman–Crippen MR) is 92.5 cm³/mol. The van der Waals surface area contributed by atoms with Crippen LogP contribution < -0.4 is 4.31 Å². The standard InChI is InChI=1S/C18H14FNO4S/c19-16-7-3-4-8-17(16)20(12-18(21)22)25(23,24)15-10-9-13-5-1-2-6-14(13)11-15/h1-11H,12H2,(H,21,22). The molecular weight excluding hydrogens is 345 g/mol. The highest BCUT2D eigenvalue weighted by Gasteiger charge is 2.29. The molecule has 3 aromatic carbocycles. The van der Waals surface area contributed by atoms with Gasteiger partial charge in [-0.15, -0.1) is 0 Å². The lowest BCUT2D eigenvalue weighted by Gasteiger charge is -2.23. The molecule has 1 N–H and O–H groups in total. The monoisotopic (exact) mass is 359 g/mol. The zero-order chi connectivity index (χ0) is 18.0. The second kappa shape index (κ2) is 6.52. The van der Waals surface area contributed by atoms with Gasteiger partial charge in [-0.2, -0.15) is 0 Å². The maximum absolute atomic E-state index is 14.1. The topological polar surface area (TPSA) is 74.7 Å². The van der Waals surface area contributed by atoms with Crippen molar-refractivity contribution >= 4 is 32.5 Å². The lowest BCUT2D eigenvalue weighted by molar-refractivity contribution is -0.135. The van der Waals surface area contributed by atoms with Crippen LogP contribution in [0.5, 0.6) is 0 Å². The third kappa shape index (κ3) is 3.32.